The van der Waals surface area contributed by atoms with E-state index in [1.54, 1.807) is 0 Å². The van der Waals surface area contributed by atoms with Crippen LogP contribution < -0.4 is 20.9 Å². The van der Waals surface area contributed by atoms with Gasteiger partial charge in [0.05, 0.1) is 5.56 Å². The molecule has 1 fully saturated rings. The number of benzene rings is 1. The van der Waals surface area contributed by atoms with Crippen LogP contribution in [0.1, 0.15) is 47.2 Å². The Hall–Kier alpha value is -2.86. The highest BCUT2D eigenvalue weighted by Crippen LogP contribution is 2.24. The van der Waals surface area contributed by atoms with Gasteiger partial charge in [-0.2, -0.15) is 4.37 Å². The Morgan fingerprint density at radius 3 is 2.67 bits per heavy atom. The van der Waals surface area contributed by atoms with Crippen LogP contribution in [0.5, 0.6) is 5.88 Å². The molecular weight excluding hydrogens is 459 g/mol. The molecule has 1 aromatic carbocycles. The first kappa shape index (κ1) is 24.8. The van der Waals surface area contributed by atoms with Crippen molar-refractivity contribution in [2.45, 2.75) is 39.2 Å². The van der Waals surface area contributed by atoms with Crippen LogP contribution in [0.4, 0.5) is 18.0 Å². The number of rotatable bonds is 9. The van der Waals surface area contributed by atoms with E-state index in [1.807, 2.05) is 0 Å². The second-order valence-corrected chi connectivity index (χ2v) is 8.32. The van der Waals surface area contributed by atoms with E-state index in [0.717, 1.165) is 50.1 Å². The Morgan fingerprint density at radius 1 is 1.15 bits per heavy atom. The summed E-state index contributed by atoms with van der Waals surface area (Å²) in [5, 5.41) is 4.00. The summed E-state index contributed by atoms with van der Waals surface area (Å²) < 4.78 is 50.8. The number of hydrogen-bond acceptors (Lipinski definition) is 6. The molecule has 1 aromatic heterocycles. The number of aryl methyl sites for hydroxylation is 1. The van der Waals surface area contributed by atoms with E-state index in [4.69, 9.17) is 4.74 Å². The minimum absolute atomic E-state index is 0.0423. The van der Waals surface area contributed by atoms with E-state index in [0.29, 0.717) is 6.54 Å². The van der Waals surface area contributed by atoms with Gasteiger partial charge in [0.2, 0.25) is 5.88 Å². The van der Waals surface area contributed by atoms with E-state index in [9.17, 15) is 22.8 Å². The number of urea groups is 1. The number of ether oxygens (including phenoxy) is 1. The van der Waals surface area contributed by atoms with E-state index in [-0.39, 0.29) is 17.0 Å². The van der Waals surface area contributed by atoms with Crippen LogP contribution in [0.15, 0.2) is 11.4 Å². The molecule has 2 aromatic rings. The smallest absolute Gasteiger partial charge is 0.333 e. The second kappa shape index (κ2) is 11.8. The van der Waals surface area contributed by atoms with Crippen molar-refractivity contribution in [3.8, 4) is 5.88 Å². The van der Waals surface area contributed by atoms with Gasteiger partial charge in [0.1, 0.15) is 18.0 Å². The average Bonchev–Trinajstić information content (AvgIpc) is 3.48. The quantitative estimate of drug-likeness (QED) is 0.288. The summed E-state index contributed by atoms with van der Waals surface area (Å²) in [5.74, 6) is -4.41. The summed E-state index contributed by atoms with van der Waals surface area (Å²) in [7, 11) is 0. The van der Waals surface area contributed by atoms with Gasteiger partial charge in [0.15, 0.2) is 11.6 Å². The highest BCUT2D eigenvalue weighted by molar-refractivity contribution is 7.04. The molecule has 3 N–H and O–H groups in total. The molecule has 3 rings (SSSR count). The van der Waals surface area contributed by atoms with Crippen molar-refractivity contribution in [2.24, 2.45) is 0 Å². The molecule has 0 atom stereocenters. The van der Waals surface area contributed by atoms with Crippen molar-refractivity contribution >= 4 is 23.5 Å². The number of aromatic nitrogens is 1. The number of unbranched alkanes of at least 4 members (excludes halogenated alkanes) is 1. The van der Waals surface area contributed by atoms with Crippen LogP contribution >= 0.6 is 11.5 Å². The predicted molar refractivity (Wildman–Crippen MR) is 116 cm³/mol. The molecule has 1 aliphatic heterocycles. The molecule has 0 spiro atoms. The minimum Gasteiger partial charge on any atom is -0.471 e. The third kappa shape index (κ3) is 6.81. The van der Waals surface area contributed by atoms with Crippen molar-refractivity contribution in [1.29, 1.82) is 0 Å². The van der Waals surface area contributed by atoms with Crippen LogP contribution in [0.25, 0.3) is 0 Å². The first-order valence-electron chi connectivity index (χ1n) is 10.6. The monoisotopic (exact) mass is 485 g/mol. The third-order valence-electron chi connectivity index (χ3n) is 5.24. The van der Waals surface area contributed by atoms with Gasteiger partial charge in [-0.05, 0) is 75.4 Å². The van der Waals surface area contributed by atoms with Gasteiger partial charge in [-0.15, -0.1) is 0 Å². The SMILES string of the molecule is Cc1cc(F)c(COc2nscc2C(=O)NNC(=O)NCCCCN2CCCC2)c(F)c1F. The number of carbonyl (C=O) groups excluding carboxylic acids is 2. The average molecular weight is 486 g/mol. The standard InChI is InChI=1S/C21H26F3N5O3S/c1-13-10-16(22)14(18(24)17(13)23)11-32-20-15(12-33-28-20)19(30)26-27-21(31)25-6-2-3-7-29-8-4-5-9-29/h10,12H,2-9,11H2,1H3,(H,26,30)(H2,25,27,31). The summed E-state index contributed by atoms with van der Waals surface area (Å²) in [6.07, 6.45) is 4.27. The van der Waals surface area contributed by atoms with Crippen molar-refractivity contribution in [3.05, 3.63) is 45.6 Å². The molecular formula is C21H26F3N5O3S. The van der Waals surface area contributed by atoms with Crippen LogP contribution in [-0.2, 0) is 6.61 Å². The maximum absolute atomic E-state index is 14.0. The molecule has 0 bridgehead atoms. The van der Waals surface area contributed by atoms with Crippen molar-refractivity contribution in [2.75, 3.05) is 26.2 Å². The van der Waals surface area contributed by atoms with Gasteiger partial charge in [-0.25, -0.2) is 23.4 Å². The Balaban J connectivity index is 1.42. The number of likely N-dealkylation sites (tertiary alicyclic amines) is 1. The number of carbonyl (C=O) groups is 2. The third-order valence-corrected chi connectivity index (χ3v) is 5.86. The Kier molecular flexibility index (Phi) is 8.89. The van der Waals surface area contributed by atoms with Crippen LogP contribution in [0, 0.1) is 24.4 Å². The van der Waals surface area contributed by atoms with Gasteiger partial charge >= 0.3 is 6.03 Å². The highest BCUT2D eigenvalue weighted by atomic mass is 32.1. The lowest BCUT2D eigenvalue weighted by Gasteiger charge is -2.14. The fourth-order valence-electron chi connectivity index (χ4n) is 3.40. The number of hydrogen-bond donors (Lipinski definition) is 3. The Labute approximate surface area is 193 Å². The molecule has 2 heterocycles. The zero-order chi connectivity index (χ0) is 23.8. The van der Waals surface area contributed by atoms with E-state index in [1.165, 1.54) is 25.1 Å². The Morgan fingerprint density at radius 2 is 1.91 bits per heavy atom. The zero-order valence-electron chi connectivity index (χ0n) is 18.2. The fraction of sp³-hybridized carbons (Fsp3) is 0.476. The summed E-state index contributed by atoms with van der Waals surface area (Å²) >= 11 is 0.878. The summed E-state index contributed by atoms with van der Waals surface area (Å²) in [4.78, 5) is 26.6. The molecule has 0 unspecified atom stereocenters. The van der Waals surface area contributed by atoms with Crippen LogP contribution in [0.2, 0.25) is 0 Å². The number of halogens is 3. The van der Waals surface area contributed by atoms with E-state index in [2.05, 4.69) is 25.4 Å². The summed E-state index contributed by atoms with van der Waals surface area (Å²) in [5.41, 5.74) is 3.62. The van der Waals surface area contributed by atoms with Gasteiger partial charge in [-0.1, -0.05) is 0 Å². The van der Waals surface area contributed by atoms with Gasteiger partial charge in [-0.3, -0.25) is 10.2 Å². The molecule has 1 aliphatic rings. The maximum Gasteiger partial charge on any atom is 0.333 e. The predicted octanol–water partition coefficient (Wildman–Crippen LogP) is 3.27. The molecule has 0 aliphatic carbocycles. The Bertz CT molecular complexity index is 982. The molecule has 12 heteroatoms. The van der Waals surface area contributed by atoms with Crippen LogP contribution in [0.3, 0.4) is 0 Å². The number of hydrazine groups is 1. The highest BCUT2D eigenvalue weighted by Gasteiger charge is 2.21. The lowest BCUT2D eigenvalue weighted by atomic mass is 10.1. The number of nitrogens with zero attached hydrogens (tertiary/aromatic N) is 2. The first-order valence-corrected chi connectivity index (χ1v) is 11.5. The molecule has 3 amide bonds. The van der Waals surface area contributed by atoms with Gasteiger partial charge in [0.25, 0.3) is 5.91 Å². The molecule has 8 nitrogen and oxygen atoms in total. The van der Waals surface area contributed by atoms with E-state index >= 15 is 0 Å². The van der Waals surface area contributed by atoms with Crippen molar-refractivity contribution in [1.82, 2.24) is 25.4 Å². The second-order valence-electron chi connectivity index (χ2n) is 7.69. The van der Waals surface area contributed by atoms with Gasteiger partial charge in [0, 0.05) is 11.9 Å². The normalized spacial score (nSPS) is 13.7. The maximum atomic E-state index is 14.0. The lowest BCUT2D eigenvalue weighted by Crippen LogP contribution is -2.47. The number of nitrogens with one attached hydrogen (secondary N) is 3. The number of amides is 3. The van der Waals surface area contributed by atoms with Crippen molar-refractivity contribution in [3.63, 3.8) is 0 Å². The summed E-state index contributed by atoms with van der Waals surface area (Å²) in [6.45, 7) is 4.33. The lowest BCUT2D eigenvalue weighted by molar-refractivity contribution is 0.0931. The zero-order valence-corrected chi connectivity index (χ0v) is 19.0. The molecule has 0 radical (unpaired) electrons. The van der Waals surface area contributed by atoms with E-state index < -0.39 is 41.6 Å². The van der Waals surface area contributed by atoms with Crippen LogP contribution in [-0.4, -0.2) is 47.4 Å². The molecule has 180 valence electrons. The molecule has 33 heavy (non-hydrogen) atoms. The summed E-state index contributed by atoms with van der Waals surface area (Å²) in [6, 6.07) is 0.287. The molecule has 0 saturated carbocycles. The van der Waals surface area contributed by atoms with Gasteiger partial charge < -0.3 is 15.0 Å². The van der Waals surface area contributed by atoms with Crippen molar-refractivity contribution < 1.29 is 27.5 Å². The largest absolute Gasteiger partial charge is 0.471 e. The first-order chi connectivity index (χ1) is 15.9. The topological polar surface area (TPSA) is 95.6 Å². The fourth-order valence-corrected chi connectivity index (χ4v) is 4.01. The molecule has 1 saturated heterocycles. The minimum atomic E-state index is -1.35.